The number of nitrogens with zero attached hydrogens (tertiary/aromatic N) is 1. The fraction of sp³-hybridized carbons (Fsp3) is 0.353. The van der Waals surface area contributed by atoms with Crippen LogP contribution < -0.4 is 4.74 Å². The van der Waals surface area contributed by atoms with Gasteiger partial charge in [0.2, 0.25) is 0 Å². The Kier molecular flexibility index (Phi) is 3.69. The van der Waals surface area contributed by atoms with Gasteiger partial charge in [-0.2, -0.15) is 0 Å². The highest BCUT2D eigenvalue weighted by atomic mass is 16.5. The molecule has 0 saturated heterocycles. The summed E-state index contributed by atoms with van der Waals surface area (Å²) in [6.45, 7) is 0.770. The van der Waals surface area contributed by atoms with E-state index in [-0.39, 0.29) is 5.92 Å². The summed E-state index contributed by atoms with van der Waals surface area (Å²) in [6.07, 6.45) is 4.66. The van der Waals surface area contributed by atoms with Gasteiger partial charge in [0.1, 0.15) is 5.75 Å². The molecule has 1 atom stereocenters. The van der Waals surface area contributed by atoms with Crippen molar-refractivity contribution in [3.8, 4) is 5.75 Å². The first-order valence-corrected chi connectivity index (χ1v) is 7.22. The van der Waals surface area contributed by atoms with Crippen LogP contribution in [0.15, 0.2) is 36.5 Å². The van der Waals surface area contributed by atoms with Crippen LogP contribution in [-0.2, 0) is 17.8 Å². The number of benzene rings is 1. The van der Waals surface area contributed by atoms with Gasteiger partial charge in [-0.05, 0) is 48.6 Å². The summed E-state index contributed by atoms with van der Waals surface area (Å²) >= 11 is 0. The maximum absolute atomic E-state index is 11.3. The van der Waals surface area contributed by atoms with E-state index in [4.69, 9.17) is 4.74 Å². The topological polar surface area (TPSA) is 51.5 Å². The molecule has 110 valence electrons. The first-order valence-electron chi connectivity index (χ1n) is 7.22. The molecule has 0 fully saturated rings. The fourth-order valence-corrected chi connectivity index (χ4v) is 3.09. The molecule has 1 N–H and O–H groups in total. The third kappa shape index (κ3) is 2.66. The van der Waals surface area contributed by atoms with Crippen molar-refractivity contribution in [2.24, 2.45) is 0 Å². The van der Waals surface area contributed by atoms with Gasteiger partial charge in [0.15, 0.2) is 0 Å². The summed E-state index contributed by atoms with van der Waals surface area (Å²) < 4.78 is 7.34. The van der Waals surface area contributed by atoms with Gasteiger partial charge in [-0.15, -0.1) is 0 Å². The first kappa shape index (κ1) is 13.7. The molecule has 0 amide bonds. The highest BCUT2D eigenvalue weighted by Gasteiger charge is 2.28. The number of methoxy groups -OCH3 is 1. The van der Waals surface area contributed by atoms with Crippen LogP contribution in [0.4, 0.5) is 0 Å². The van der Waals surface area contributed by atoms with Gasteiger partial charge >= 0.3 is 5.97 Å². The molecule has 1 aromatic heterocycles. The van der Waals surface area contributed by atoms with Crippen LogP contribution in [0.1, 0.15) is 35.6 Å². The lowest BCUT2D eigenvalue weighted by Crippen LogP contribution is -2.18. The van der Waals surface area contributed by atoms with Crippen molar-refractivity contribution < 1.29 is 14.6 Å². The Hall–Kier alpha value is -2.23. The van der Waals surface area contributed by atoms with E-state index < -0.39 is 5.97 Å². The van der Waals surface area contributed by atoms with Crippen LogP contribution in [-0.4, -0.2) is 22.8 Å². The van der Waals surface area contributed by atoms with E-state index in [1.165, 1.54) is 11.3 Å². The molecule has 1 unspecified atom stereocenters. The van der Waals surface area contributed by atoms with Crippen LogP contribution in [0.2, 0.25) is 0 Å². The minimum atomic E-state index is -0.710. The summed E-state index contributed by atoms with van der Waals surface area (Å²) in [4.78, 5) is 11.3. The molecule has 0 spiro atoms. The zero-order valence-electron chi connectivity index (χ0n) is 12.1. The number of carboxylic acid groups (broad SMARTS) is 1. The van der Waals surface area contributed by atoms with E-state index in [0.717, 1.165) is 37.1 Å². The van der Waals surface area contributed by atoms with Crippen LogP contribution in [0.25, 0.3) is 0 Å². The Bertz CT molecular complexity index is 643. The van der Waals surface area contributed by atoms with E-state index in [0.29, 0.717) is 0 Å². The Morgan fingerprint density at radius 1 is 1.33 bits per heavy atom. The number of rotatable bonds is 4. The molecule has 0 saturated carbocycles. The molecular formula is C17H19NO3. The number of carbonyl (C=O) groups is 1. The van der Waals surface area contributed by atoms with Gasteiger partial charge in [-0.3, -0.25) is 4.79 Å². The van der Waals surface area contributed by atoms with Gasteiger partial charge in [0.25, 0.3) is 0 Å². The third-order valence-corrected chi connectivity index (χ3v) is 4.21. The summed E-state index contributed by atoms with van der Waals surface area (Å²) in [6, 6.07) is 9.96. The quantitative estimate of drug-likeness (QED) is 0.939. The van der Waals surface area contributed by atoms with Gasteiger partial charge in [-0.1, -0.05) is 12.1 Å². The van der Waals surface area contributed by atoms with Crippen molar-refractivity contribution in [2.45, 2.75) is 31.7 Å². The Labute approximate surface area is 124 Å². The van der Waals surface area contributed by atoms with Crippen molar-refractivity contribution in [3.63, 3.8) is 0 Å². The third-order valence-electron chi connectivity index (χ3n) is 4.21. The molecule has 2 aromatic rings. The van der Waals surface area contributed by atoms with Gasteiger partial charge in [0.05, 0.1) is 13.0 Å². The largest absolute Gasteiger partial charge is 0.497 e. The summed E-state index contributed by atoms with van der Waals surface area (Å²) in [5, 5.41) is 9.32. The van der Waals surface area contributed by atoms with E-state index in [2.05, 4.69) is 4.57 Å². The maximum atomic E-state index is 11.3. The van der Waals surface area contributed by atoms with Crippen molar-refractivity contribution >= 4 is 5.97 Å². The summed E-state index contributed by atoms with van der Waals surface area (Å²) in [5.41, 5.74) is 3.35. The van der Waals surface area contributed by atoms with Crippen molar-refractivity contribution in [2.75, 3.05) is 7.11 Å². The first-order chi connectivity index (χ1) is 10.2. The minimum Gasteiger partial charge on any atom is -0.497 e. The lowest BCUT2D eigenvalue weighted by molar-refractivity contribution is -0.139. The molecule has 4 nitrogen and oxygen atoms in total. The zero-order valence-corrected chi connectivity index (χ0v) is 12.1. The Morgan fingerprint density at radius 2 is 2.10 bits per heavy atom. The molecule has 4 heteroatoms. The SMILES string of the molecule is COc1ccc(Cn2ccc3c2CCCC3C(=O)O)cc1. The zero-order chi connectivity index (χ0) is 14.8. The number of aliphatic carboxylic acids is 1. The molecular weight excluding hydrogens is 266 g/mol. The molecule has 21 heavy (non-hydrogen) atoms. The lowest BCUT2D eigenvalue weighted by Gasteiger charge is -2.21. The average molecular weight is 285 g/mol. The Balaban J connectivity index is 1.85. The standard InChI is InChI=1S/C17H19NO3/c1-21-13-7-5-12(6-8-13)11-18-10-9-14-15(17(19)20)3-2-4-16(14)18/h5-10,15H,2-4,11H2,1H3,(H,19,20). The number of carboxylic acids is 1. The highest BCUT2D eigenvalue weighted by Crippen LogP contribution is 2.33. The fourth-order valence-electron chi connectivity index (χ4n) is 3.09. The second-order valence-electron chi connectivity index (χ2n) is 5.48. The normalized spacial score (nSPS) is 17.3. The van der Waals surface area contributed by atoms with Crippen LogP contribution in [0.5, 0.6) is 5.75 Å². The Morgan fingerprint density at radius 3 is 2.76 bits per heavy atom. The maximum Gasteiger partial charge on any atom is 0.311 e. The van der Waals surface area contributed by atoms with Crippen molar-refractivity contribution in [1.29, 1.82) is 0 Å². The van der Waals surface area contributed by atoms with E-state index in [9.17, 15) is 9.90 Å². The van der Waals surface area contributed by atoms with Crippen molar-refractivity contribution in [1.82, 2.24) is 4.57 Å². The lowest BCUT2D eigenvalue weighted by atomic mass is 9.87. The molecule has 3 rings (SSSR count). The van der Waals surface area contributed by atoms with Crippen LogP contribution in [0.3, 0.4) is 0 Å². The molecule has 1 aliphatic carbocycles. The van der Waals surface area contributed by atoms with Gasteiger partial charge < -0.3 is 14.4 Å². The second kappa shape index (κ2) is 5.64. The molecule has 1 heterocycles. The molecule has 1 aliphatic rings. The number of aromatic nitrogens is 1. The van der Waals surface area contributed by atoms with Gasteiger partial charge in [-0.25, -0.2) is 0 Å². The van der Waals surface area contributed by atoms with E-state index in [1.807, 2.05) is 36.5 Å². The predicted octanol–water partition coefficient (Wildman–Crippen LogP) is 3.05. The summed E-state index contributed by atoms with van der Waals surface area (Å²) in [7, 11) is 1.66. The average Bonchev–Trinajstić information content (AvgIpc) is 2.91. The highest BCUT2D eigenvalue weighted by molar-refractivity contribution is 5.76. The van der Waals surface area contributed by atoms with Crippen LogP contribution >= 0.6 is 0 Å². The smallest absolute Gasteiger partial charge is 0.311 e. The predicted molar refractivity (Wildman–Crippen MR) is 79.8 cm³/mol. The molecule has 1 aromatic carbocycles. The number of ether oxygens (including phenoxy) is 1. The number of hydrogen-bond acceptors (Lipinski definition) is 2. The van der Waals surface area contributed by atoms with Crippen molar-refractivity contribution in [3.05, 3.63) is 53.3 Å². The second-order valence-corrected chi connectivity index (χ2v) is 5.48. The van der Waals surface area contributed by atoms with E-state index in [1.54, 1.807) is 7.11 Å². The molecule has 0 bridgehead atoms. The monoisotopic (exact) mass is 285 g/mol. The number of fused-ring (bicyclic) bond motifs is 1. The van der Waals surface area contributed by atoms with Gasteiger partial charge in [0, 0.05) is 18.4 Å². The summed E-state index contributed by atoms with van der Waals surface area (Å²) in [5.74, 6) is -0.205. The van der Waals surface area contributed by atoms with Crippen LogP contribution in [0, 0.1) is 0 Å². The van der Waals surface area contributed by atoms with E-state index >= 15 is 0 Å². The minimum absolute atomic E-state index is 0.342. The molecule has 0 radical (unpaired) electrons. The molecule has 0 aliphatic heterocycles. The number of hydrogen-bond donors (Lipinski definition) is 1.